The van der Waals surface area contributed by atoms with Gasteiger partial charge in [-0.05, 0) is 51.6 Å². The average molecular weight is 357 g/mol. The smallest absolute Gasteiger partial charge is 0.226 e. The Bertz CT molecular complexity index is 755. The zero-order valence-electron chi connectivity index (χ0n) is 16.5. The average Bonchev–Trinajstić information content (AvgIpc) is 2.94. The van der Waals surface area contributed by atoms with Crippen LogP contribution in [-0.4, -0.2) is 45.2 Å². The Morgan fingerprint density at radius 1 is 1.04 bits per heavy atom. The molecule has 4 rings (SSSR count). The van der Waals surface area contributed by atoms with Crippen LogP contribution in [0.5, 0.6) is 5.88 Å². The molecule has 2 aromatic heterocycles. The minimum absolute atomic E-state index is 0.272. The molecule has 0 radical (unpaired) electrons. The summed E-state index contributed by atoms with van der Waals surface area (Å²) in [6.45, 7) is 10.0. The molecule has 0 unspecified atom stereocenters. The lowest BCUT2D eigenvalue weighted by molar-refractivity contribution is 0.101. The van der Waals surface area contributed by atoms with Crippen LogP contribution in [0.25, 0.3) is 11.0 Å². The molecule has 5 heteroatoms. The summed E-state index contributed by atoms with van der Waals surface area (Å²) < 4.78 is 8.88. The van der Waals surface area contributed by atoms with Crippen molar-refractivity contribution < 1.29 is 4.74 Å². The Labute approximate surface area is 156 Å². The minimum atomic E-state index is 0.272. The van der Waals surface area contributed by atoms with E-state index in [4.69, 9.17) is 4.74 Å². The molecule has 5 nitrogen and oxygen atoms in total. The Kier molecular flexibility index (Phi) is 5.16. The highest BCUT2D eigenvalue weighted by Gasteiger charge is 2.26. The molecule has 0 bridgehead atoms. The largest absolute Gasteiger partial charge is 0.474 e. The van der Waals surface area contributed by atoms with E-state index in [1.807, 2.05) is 0 Å². The maximum Gasteiger partial charge on any atom is 0.226 e. The molecular weight excluding hydrogens is 324 g/mol. The molecule has 2 fully saturated rings. The summed E-state index contributed by atoms with van der Waals surface area (Å²) in [5.41, 5.74) is 3.69. The van der Waals surface area contributed by atoms with Gasteiger partial charge in [-0.1, -0.05) is 26.2 Å². The first kappa shape index (κ1) is 17.8. The molecule has 1 aliphatic carbocycles. The van der Waals surface area contributed by atoms with Gasteiger partial charge in [0.15, 0.2) is 0 Å². The van der Waals surface area contributed by atoms with E-state index in [1.54, 1.807) is 6.33 Å². The molecule has 1 saturated heterocycles. The van der Waals surface area contributed by atoms with Gasteiger partial charge < -0.3 is 14.2 Å². The molecule has 0 N–H and O–H groups in total. The zero-order valence-corrected chi connectivity index (χ0v) is 16.5. The number of ether oxygens (including phenoxy) is 1. The van der Waals surface area contributed by atoms with Gasteiger partial charge in [-0.3, -0.25) is 0 Å². The Balaban J connectivity index is 1.64. The van der Waals surface area contributed by atoms with E-state index in [1.165, 1.54) is 43.4 Å². The second-order valence-electron chi connectivity index (χ2n) is 8.00. The van der Waals surface area contributed by atoms with E-state index in [-0.39, 0.29) is 6.10 Å². The summed E-state index contributed by atoms with van der Waals surface area (Å²) in [6, 6.07) is 0.579. The molecule has 0 atom stereocenters. The lowest BCUT2D eigenvalue weighted by Crippen LogP contribution is -2.38. The number of piperidine rings is 1. The van der Waals surface area contributed by atoms with Gasteiger partial charge in [-0.25, -0.2) is 9.97 Å². The van der Waals surface area contributed by atoms with E-state index in [0.29, 0.717) is 6.04 Å². The SMILES string of the molecule is CCN1CCC(Oc2ncnc3c2c(C)c(C)n3C2CCCCC2)CC1. The first-order valence-corrected chi connectivity index (χ1v) is 10.4. The second kappa shape index (κ2) is 7.55. The van der Waals surface area contributed by atoms with Crippen LogP contribution in [0.15, 0.2) is 6.33 Å². The van der Waals surface area contributed by atoms with Crippen LogP contribution < -0.4 is 4.74 Å². The number of likely N-dealkylation sites (tertiary alicyclic amines) is 1. The number of hydrogen-bond acceptors (Lipinski definition) is 4. The molecule has 0 amide bonds. The van der Waals surface area contributed by atoms with Crippen LogP contribution in [0, 0.1) is 13.8 Å². The highest BCUT2D eigenvalue weighted by atomic mass is 16.5. The fourth-order valence-corrected chi connectivity index (χ4v) is 4.77. The summed E-state index contributed by atoms with van der Waals surface area (Å²) >= 11 is 0. The van der Waals surface area contributed by atoms with Gasteiger partial charge in [0.25, 0.3) is 0 Å². The Hall–Kier alpha value is -1.62. The van der Waals surface area contributed by atoms with Gasteiger partial charge >= 0.3 is 0 Å². The summed E-state index contributed by atoms with van der Waals surface area (Å²) in [6.07, 6.45) is 10.7. The molecule has 0 aromatic carbocycles. The van der Waals surface area contributed by atoms with E-state index >= 15 is 0 Å². The third kappa shape index (κ3) is 3.22. The maximum atomic E-state index is 6.41. The molecule has 3 heterocycles. The van der Waals surface area contributed by atoms with Crippen molar-refractivity contribution in [3.05, 3.63) is 17.6 Å². The topological polar surface area (TPSA) is 43.2 Å². The predicted octanol–water partition coefficient (Wildman–Crippen LogP) is 4.42. The van der Waals surface area contributed by atoms with E-state index in [9.17, 15) is 0 Å². The highest BCUT2D eigenvalue weighted by molar-refractivity contribution is 5.86. The number of aromatic nitrogens is 3. The molecule has 2 aliphatic rings. The number of aryl methyl sites for hydroxylation is 1. The molecule has 0 spiro atoms. The molecule has 1 aliphatic heterocycles. The van der Waals surface area contributed by atoms with Gasteiger partial charge in [0.1, 0.15) is 18.1 Å². The standard InChI is InChI=1S/C21H32N4O/c1-4-24-12-10-18(11-13-24)26-21-19-15(2)16(3)25(20(19)22-14-23-21)17-8-6-5-7-9-17/h14,17-18H,4-13H2,1-3H3. The summed E-state index contributed by atoms with van der Waals surface area (Å²) in [5.74, 6) is 0.792. The van der Waals surface area contributed by atoms with Crippen LogP contribution in [-0.2, 0) is 0 Å². The molecule has 2 aromatic rings. The number of fused-ring (bicyclic) bond motifs is 1. The zero-order chi connectivity index (χ0) is 18.1. The van der Waals surface area contributed by atoms with E-state index in [0.717, 1.165) is 49.4 Å². The van der Waals surface area contributed by atoms with Crippen LogP contribution in [0.3, 0.4) is 0 Å². The number of nitrogens with zero attached hydrogens (tertiary/aromatic N) is 4. The van der Waals surface area contributed by atoms with Crippen molar-refractivity contribution in [3.8, 4) is 5.88 Å². The van der Waals surface area contributed by atoms with Crippen molar-refractivity contribution in [2.75, 3.05) is 19.6 Å². The lowest BCUT2D eigenvalue weighted by atomic mass is 9.95. The van der Waals surface area contributed by atoms with Crippen molar-refractivity contribution in [1.29, 1.82) is 0 Å². The Morgan fingerprint density at radius 2 is 1.77 bits per heavy atom. The third-order valence-corrected chi connectivity index (χ3v) is 6.50. The van der Waals surface area contributed by atoms with Crippen molar-refractivity contribution >= 4 is 11.0 Å². The monoisotopic (exact) mass is 356 g/mol. The number of hydrogen-bond donors (Lipinski definition) is 0. The first-order valence-electron chi connectivity index (χ1n) is 10.4. The van der Waals surface area contributed by atoms with Crippen molar-refractivity contribution in [2.45, 2.75) is 77.9 Å². The fourth-order valence-electron chi connectivity index (χ4n) is 4.77. The summed E-state index contributed by atoms with van der Waals surface area (Å²) in [5, 5.41) is 1.13. The van der Waals surface area contributed by atoms with Crippen molar-refractivity contribution in [1.82, 2.24) is 19.4 Å². The van der Waals surface area contributed by atoms with Crippen molar-refractivity contribution in [2.24, 2.45) is 0 Å². The quantitative estimate of drug-likeness (QED) is 0.813. The Morgan fingerprint density at radius 3 is 2.46 bits per heavy atom. The van der Waals surface area contributed by atoms with Gasteiger partial charge in [0.2, 0.25) is 5.88 Å². The van der Waals surface area contributed by atoms with Gasteiger partial charge in [0.05, 0.1) is 5.39 Å². The van der Waals surface area contributed by atoms with Crippen LogP contribution >= 0.6 is 0 Å². The molecular formula is C21H32N4O. The normalized spacial score (nSPS) is 20.7. The van der Waals surface area contributed by atoms with Crippen molar-refractivity contribution in [3.63, 3.8) is 0 Å². The second-order valence-corrected chi connectivity index (χ2v) is 8.00. The van der Waals surface area contributed by atoms with E-state index in [2.05, 4.69) is 40.2 Å². The van der Waals surface area contributed by atoms with Gasteiger partial charge in [-0.15, -0.1) is 0 Å². The molecule has 1 saturated carbocycles. The van der Waals surface area contributed by atoms with Gasteiger partial charge in [0, 0.05) is 24.8 Å². The maximum absolute atomic E-state index is 6.41. The minimum Gasteiger partial charge on any atom is -0.474 e. The van der Waals surface area contributed by atoms with Gasteiger partial charge in [-0.2, -0.15) is 0 Å². The van der Waals surface area contributed by atoms with Crippen LogP contribution in [0.1, 0.15) is 69.2 Å². The van der Waals surface area contributed by atoms with E-state index < -0.39 is 0 Å². The molecule has 26 heavy (non-hydrogen) atoms. The summed E-state index contributed by atoms with van der Waals surface area (Å²) in [4.78, 5) is 11.7. The highest BCUT2D eigenvalue weighted by Crippen LogP contribution is 2.37. The van der Waals surface area contributed by atoms with Crippen LogP contribution in [0.2, 0.25) is 0 Å². The third-order valence-electron chi connectivity index (χ3n) is 6.50. The lowest BCUT2D eigenvalue weighted by Gasteiger charge is -2.31. The fraction of sp³-hybridized carbons (Fsp3) is 0.714. The first-order chi connectivity index (χ1) is 12.7. The predicted molar refractivity (Wildman–Crippen MR) is 105 cm³/mol. The number of rotatable bonds is 4. The molecule has 142 valence electrons. The van der Waals surface area contributed by atoms with Crippen LogP contribution in [0.4, 0.5) is 0 Å². The summed E-state index contributed by atoms with van der Waals surface area (Å²) in [7, 11) is 0.